The molecule has 2 aliphatic rings. The van der Waals surface area contributed by atoms with Crippen LogP contribution in [0.4, 0.5) is 0 Å². The molecule has 0 aliphatic carbocycles. The number of rotatable bonds is 3. The monoisotopic (exact) mass is 414 g/mol. The molecule has 1 saturated heterocycles. The third-order valence-electron chi connectivity index (χ3n) is 6.42. The van der Waals surface area contributed by atoms with E-state index in [1.165, 1.54) is 17.5 Å². The standard InChI is InChI=1S/C25H26N4O2/c30-24-16-29(13-11-23(24)28-12-10-18-6-4-5-9-20(18)15-28)25(31)22-14-21(26-17-27-22)19-7-2-1-3-8-19/h1-9,14,17,23-24,30H,10-13,15-16H2/t23-,24-/m0/s1. The zero-order chi connectivity index (χ0) is 21.2. The van der Waals surface area contributed by atoms with Crippen LogP contribution >= 0.6 is 0 Å². The lowest BCUT2D eigenvalue weighted by atomic mass is 9.94. The number of β-amino-alcohol motifs (C(OH)–C–C–N with tert-alkyl or cyclic N) is 1. The van der Waals surface area contributed by atoms with Crippen LogP contribution in [0.1, 0.15) is 28.0 Å². The van der Waals surface area contributed by atoms with Gasteiger partial charge in [0.25, 0.3) is 5.91 Å². The van der Waals surface area contributed by atoms with Crippen molar-refractivity contribution in [2.24, 2.45) is 0 Å². The molecule has 3 aromatic rings. The van der Waals surface area contributed by atoms with Crippen LogP contribution in [0, 0.1) is 0 Å². The lowest BCUT2D eigenvalue weighted by molar-refractivity contribution is -0.0139. The smallest absolute Gasteiger partial charge is 0.272 e. The summed E-state index contributed by atoms with van der Waals surface area (Å²) in [5, 5.41) is 10.9. The topological polar surface area (TPSA) is 69.6 Å². The van der Waals surface area contributed by atoms with Gasteiger partial charge < -0.3 is 10.0 Å². The van der Waals surface area contributed by atoms with E-state index >= 15 is 0 Å². The van der Waals surface area contributed by atoms with Crippen molar-refractivity contribution in [3.63, 3.8) is 0 Å². The van der Waals surface area contributed by atoms with Crippen molar-refractivity contribution in [1.29, 1.82) is 0 Å². The normalized spacial score (nSPS) is 21.5. The molecular formula is C25H26N4O2. The van der Waals surface area contributed by atoms with Crippen molar-refractivity contribution in [2.75, 3.05) is 19.6 Å². The number of aliphatic hydroxyl groups excluding tert-OH is 1. The van der Waals surface area contributed by atoms with Crippen LogP contribution in [0.3, 0.4) is 0 Å². The van der Waals surface area contributed by atoms with Crippen molar-refractivity contribution < 1.29 is 9.90 Å². The fraction of sp³-hybridized carbons (Fsp3) is 0.320. The van der Waals surface area contributed by atoms with Crippen LogP contribution in [0.25, 0.3) is 11.3 Å². The Balaban J connectivity index is 1.26. The summed E-state index contributed by atoms with van der Waals surface area (Å²) in [4.78, 5) is 25.7. The summed E-state index contributed by atoms with van der Waals surface area (Å²) >= 11 is 0. The van der Waals surface area contributed by atoms with Gasteiger partial charge in [0.15, 0.2) is 0 Å². The minimum atomic E-state index is -0.571. The molecule has 158 valence electrons. The molecule has 2 aromatic carbocycles. The third-order valence-corrected chi connectivity index (χ3v) is 6.42. The Bertz CT molecular complexity index is 1070. The van der Waals surface area contributed by atoms with Gasteiger partial charge >= 0.3 is 0 Å². The Morgan fingerprint density at radius 2 is 1.74 bits per heavy atom. The molecule has 1 aromatic heterocycles. The Labute approximate surface area is 182 Å². The van der Waals surface area contributed by atoms with Gasteiger partial charge in [0.1, 0.15) is 12.0 Å². The highest BCUT2D eigenvalue weighted by molar-refractivity contribution is 5.93. The Morgan fingerprint density at radius 3 is 2.55 bits per heavy atom. The molecule has 0 bridgehead atoms. The molecule has 1 fully saturated rings. The van der Waals surface area contributed by atoms with Crippen molar-refractivity contribution in [2.45, 2.75) is 31.5 Å². The second kappa shape index (κ2) is 8.57. The number of likely N-dealkylation sites (tertiary alicyclic amines) is 1. The largest absolute Gasteiger partial charge is 0.390 e. The van der Waals surface area contributed by atoms with Crippen molar-refractivity contribution in [1.82, 2.24) is 19.8 Å². The number of nitrogens with zero attached hydrogens (tertiary/aromatic N) is 4. The average Bonchev–Trinajstić information content (AvgIpc) is 2.84. The van der Waals surface area contributed by atoms with E-state index in [4.69, 9.17) is 0 Å². The molecule has 3 heterocycles. The lowest BCUT2D eigenvalue weighted by Gasteiger charge is -2.43. The number of aliphatic hydroxyl groups is 1. The number of hydrogen-bond donors (Lipinski definition) is 1. The molecule has 31 heavy (non-hydrogen) atoms. The van der Waals surface area contributed by atoms with E-state index in [9.17, 15) is 9.90 Å². The van der Waals surface area contributed by atoms with E-state index in [1.54, 1.807) is 11.0 Å². The summed E-state index contributed by atoms with van der Waals surface area (Å²) in [6.07, 6.45) is 2.62. The number of amides is 1. The highest BCUT2D eigenvalue weighted by Gasteiger charge is 2.35. The minimum absolute atomic E-state index is 0.0719. The van der Waals surface area contributed by atoms with E-state index < -0.39 is 6.10 Å². The fourth-order valence-corrected chi connectivity index (χ4v) is 4.73. The third kappa shape index (κ3) is 4.09. The number of carbonyl (C=O) groups excluding carboxylic acids is 1. The van der Waals surface area contributed by atoms with Crippen LogP contribution in [-0.4, -0.2) is 62.6 Å². The predicted octanol–water partition coefficient (Wildman–Crippen LogP) is 2.78. The first-order valence-corrected chi connectivity index (χ1v) is 10.8. The van der Waals surface area contributed by atoms with Gasteiger partial charge in [0, 0.05) is 37.8 Å². The summed E-state index contributed by atoms with van der Waals surface area (Å²) in [7, 11) is 0. The molecule has 2 aliphatic heterocycles. The van der Waals surface area contributed by atoms with Crippen LogP contribution in [-0.2, 0) is 13.0 Å². The number of fused-ring (bicyclic) bond motifs is 1. The maximum Gasteiger partial charge on any atom is 0.272 e. The Kier molecular flexibility index (Phi) is 5.49. The maximum absolute atomic E-state index is 13.1. The van der Waals surface area contributed by atoms with Gasteiger partial charge in [-0.15, -0.1) is 0 Å². The molecule has 0 saturated carbocycles. The number of benzene rings is 2. The lowest BCUT2D eigenvalue weighted by Crippen LogP contribution is -2.56. The van der Waals surface area contributed by atoms with Crippen LogP contribution in [0.15, 0.2) is 67.0 Å². The first-order valence-electron chi connectivity index (χ1n) is 10.8. The molecule has 0 radical (unpaired) electrons. The Morgan fingerprint density at radius 1 is 0.968 bits per heavy atom. The van der Waals surface area contributed by atoms with Crippen molar-refractivity contribution >= 4 is 5.91 Å². The summed E-state index contributed by atoms with van der Waals surface area (Å²) in [6.45, 7) is 2.74. The summed E-state index contributed by atoms with van der Waals surface area (Å²) < 4.78 is 0. The second-order valence-electron chi connectivity index (χ2n) is 8.32. The van der Waals surface area contributed by atoms with Gasteiger partial charge in [-0.3, -0.25) is 9.69 Å². The quantitative estimate of drug-likeness (QED) is 0.714. The SMILES string of the molecule is O=C(c1cc(-c2ccccc2)ncn1)N1CC[C@H](N2CCc3ccccc3C2)[C@@H](O)C1. The maximum atomic E-state index is 13.1. The van der Waals surface area contributed by atoms with E-state index in [2.05, 4.69) is 39.1 Å². The van der Waals surface area contributed by atoms with Gasteiger partial charge in [-0.1, -0.05) is 54.6 Å². The number of aromatic nitrogens is 2. The zero-order valence-electron chi connectivity index (χ0n) is 17.4. The number of hydrogen-bond acceptors (Lipinski definition) is 5. The molecule has 0 unspecified atom stereocenters. The fourth-order valence-electron chi connectivity index (χ4n) is 4.73. The number of piperidine rings is 1. The second-order valence-corrected chi connectivity index (χ2v) is 8.32. The first-order chi connectivity index (χ1) is 15.2. The van der Waals surface area contributed by atoms with E-state index in [0.29, 0.717) is 18.8 Å². The minimum Gasteiger partial charge on any atom is -0.390 e. The molecular weight excluding hydrogens is 388 g/mol. The summed E-state index contributed by atoms with van der Waals surface area (Å²) in [6, 6.07) is 20.1. The van der Waals surface area contributed by atoms with Crippen molar-refractivity contribution in [3.05, 3.63) is 83.8 Å². The van der Waals surface area contributed by atoms with E-state index in [-0.39, 0.29) is 11.9 Å². The van der Waals surface area contributed by atoms with Gasteiger partial charge in [-0.2, -0.15) is 0 Å². The molecule has 0 spiro atoms. The van der Waals surface area contributed by atoms with Crippen LogP contribution in [0.5, 0.6) is 0 Å². The highest BCUT2D eigenvalue weighted by Crippen LogP contribution is 2.26. The first kappa shape index (κ1) is 19.8. The molecule has 6 heteroatoms. The van der Waals surface area contributed by atoms with Crippen LogP contribution < -0.4 is 0 Å². The van der Waals surface area contributed by atoms with E-state index in [0.717, 1.165) is 37.2 Å². The molecule has 5 rings (SSSR count). The predicted molar refractivity (Wildman–Crippen MR) is 118 cm³/mol. The van der Waals surface area contributed by atoms with Gasteiger partial charge in [0.05, 0.1) is 11.8 Å². The van der Waals surface area contributed by atoms with Gasteiger partial charge in [0.2, 0.25) is 0 Å². The summed E-state index contributed by atoms with van der Waals surface area (Å²) in [5.41, 5.74) is 4.78. The van der Waals surface area contributed by atoms with E-state index in [1.807, 2.05) is 30.3 Å². The van der Waals surface area contributed by atoms with Crippen LogP contribution in [0.2, 0.25) is 0 Å². The highest BCUT2D eigenvalue weighted by atomic mass is 16.3. The Hall–Kier alpha value is -3.09. The zero-order valence-corrected chi connectivity index (χ0v) is 17.4. The number of carbonyl (C=O) groups is 1. The van der Waals surface area contributed by atoms with Gasteiger partial charge in [-0.25, -0.2) is 9.97 Å². The summed E-state index contributed by atoms with van der Waals surface area (Å²) in [5.74, 6) is -0.152. The molecule has 1 N–H and O–H groups in total. The van der Waals surface area contributed by atoms with Crippen molar-refractivity contribution in [3.8, 4) is 11.3 Å². The molecule has 6 nitrogen and oxygen atoms in total. The van der Waals surface area contributed by atoms with Gasteiger partial charge in [-0.05, 0) is 30.0 Å². The molecule has 2 atom stereocenters. The average molecular weight is 415 g/mol. The molecule has 1 amide bonds.